The van der Waals surface area contributed by atoms with E-state index in [-0.39, 0.29) is 49.2 Å². The van der Waals surface area contributed by atoms with Crippen LogP contribution in [0.4, 0.5) is 18.9 Å². The number of rotatable bonds is 13. The van der Waals surface area contributed by atoms with Crippen LogP contribution >= 0.6 is 24.2 Å². The minimum atomic E-state index is -1.31. The van der Waals surface area contributed by atoms with Gasteiger partial charge in [0.15, 0.2) is 17.0 Å². The van der Waals surface area contributed by atoms with Gasteiger partial charge < -0.3 is 30.7 Å². The number of hydrogen-bond donors (Lipinski definition) is 3. The summed E-state index contributed by atoms with van der Waals surface area (Å²) in [5.74, 6) is -4.88. The Kier molecular flexibility index (Phi) is 14.9. The number of nitrogens with one attached hydrogen (secondary N) is 2. The van der Waals surface area contributed by atoms with Crippen LogP contribution in [-0.4, -0.2) is 65.2 Å². The highest BCUT2D eigenvalue weighted by Crippen LogP contribution is 2.26. The van der Waals surface area contributed by atoms with E-state index < -0.39 is 65.0 Å². The van der Waals surface area contributed by atoms with Crippen molar-refractivity contribution in [2.45, 2.75) is 71.5 Å². The minimum Gasteiger partial charge on any atom is -0.427 e. The molecule has 3 atom stereocenters. The van der Waals surface area contributed by atoms with E-state index in [1.165, 1.54) is 16.7 Å². The number of benzene rings is 2. The third kappa shape index (κ3) is 11.6. The van der Waals surface area contributed by atoms with Crippen LogP contribution in [0.5, 0.6) is 0 Å². The minimum absolute atomic E-state index is 0. The smallest absolute Gasteiger partial charge is 0.331 e. The molecule has 0 spiro atoms. The number of nitrogens with zero attached hydrogens (tertiary/aromatic N) is 1. The molecule has 2 amide bonds. The predicted molar refractivity (Wildman–Crippen MR) is 175 cm³/mol. The summed E-state index contributed by atoms with van der Waals surface area (Å²) in [7, 11) is 0. The van der Waals surface area contributed by atoms with Crippen LogP contribution < -0.4 is 16.4 Å². The number of ether oxygens (including phenoxy) is 2. The van der Waals surface area contributed by atoms with Crippen molar-refractivity contribution in [3.8, 4) is 0 Å². The highest BCUT2D eigenvalue weighted by molar-refractivity contribution is 8.00. The highest BCUT2D eigenvalue weighted by atomic mass is 35.5. The summed E-state index contributed by atoms with van der Waals surface area (Å²) < 4.78 is 50.9. The van der Waals surface area contributed by atoms with Gasteiger partial charge in [-0.05, 0) is 62.4 Å². The predicted octanol–water partition coefficient (Wildman–Crippen LogP) is 4.53. The number of thioether (sulfide) groups is 1. The molecule has 10 nitrogen and oxygen atoms in total. The van der Waals surface area contributed by atoms with Crippen molar-refractivity contribution in [3.63, 3.8) is 0 Å². The molecule has 1 aliphatic heterocycles. The van der Waals surface area contributed by atoms with E-state index in [1.807, 2.05) is 13.8 Å². The van der Waals surface area contributed by atoms with Gasteiger partial charge in [-0.2, -0.15) is 0 Å². The molecule has 2 aromatic carbocycles. The summed E-state index contributed by atoms with van der Waals surface area (Å²) in [5.41, 5.74) is 6.58. The van der Waals surface area contributed by atoms with E-state index in [4.69, 9.17) is 15.2 Å². The Morgan fingerprint density at radius 3 is 2.28 bits per heavy atom. The molecular weight excluding hydrogens is 661 g/mol. The molecule has 47 heavy (non-hydrogen) atoms. The maximum absolute atomic E-state index is 14.0. The van der Waals surface area contributed by atoms with Crippen molar-refractivity contribution in [2.24, 2.45) is 17.1 Å². The summed E-state index contributed by atoms with van der Waals surface area (Å²) in [6.45, 7) is 8.81. The van der Waals surface area contributed by atoms with E-state index in [1.54, 1.807) is 45.0 Å². The first-order valence-electron chi connectivity index (χ1n) is 14.8. The zero-order valence-corrected chi connectivity index (χ0v) is 28.6. The van der Waals surface area contributed by atoms with Crippen LogP contribution in [0.25, 0.3) is 0 Å². The number of nitrogens with two attached hydrogens (primary N) is 1. The van der Waals surface area contributed by atoms with Gasteiger partial charge in [-0.15, -0.1) is 24.2 Å². The van der Waals surface area contributed by atoms with E-state index in [0.717, 1.165) is 11.6 Å². The Balaban J connectivity index is 0.00000768. The fourth-order valence-corrected chi connectivity index (χ4v) is 5.64. The molecule has 15 heteroatoms. The lowest BCUT2D eigenvalue weighted by Crippen LogP contribution is -2.46. The van der Waals surface area contributed by atoms with Crippen molar-refractivity contribution in [3.05, 3.63) is 65.0 Å². The van der Waals surface area contributed by atoms with E-state index in [2.05, 4.69) is 10.6 Å². The summed E-state index contributed by atoms with van der Waals surface area (Å²) in [5, 5.41) is 5.18. The van der Waals surface area contributed by atoms with E-state index >= 15 is 0 Å². The number of carbonyl (C=O) groups is 4. The number of carbonyl (C=O) groups excluding carboxylic acids is 4. The van der Waals surface area contributed by atoms with Crippen LogP contribution in [0.1, 0.15) is 52.2 Å². The van der Waals surface area contributed by atoms with Crippen LogP contribution in [-0.2, 0) is 41.6 Å². The first kappa shape index (κ1) is 39.7. The van der Waals surface area contributed by atoms with Crippen LogP contribution in [0.15, 0.2) is 36.4 Å². The van der Waals surface area contributed by atoms with Gasteiger partial charge in [0.1, 0.15) is 11.9 Å². The van der Waals surface area contributed by atoms with Gasteiger partial charge in [0.25, 0.3) is 5.91 Å². The molecule has 1 fully saturated rings. The van der Waals surface area contributed by atoms with Crippen LogP contribution in [0.3, 0.4) is 0 Å². The third-order valence-electron chi connectivity index (χ3n) is 7.11. The quantitative estimate of drug-likeness (QED) is 0.156. The Labute approximate surface area is 283 Å². The average molecular weight is 703 g/mol. The van der Waals surface area contributed by atoms with Gasteiger partial charge in [0.05, 0.1) is 5.41 Å². The SMILES string of the molecule is CC(C)[C@@H](Nc1ccc(CNC(=O)[C@@H]2SCCN2C(=O)C[C@H](N)Cc2cc(F)c(F)cc2F)cc1)C(=O)OCOC(=O)C(C)(C)C.Cl. The van der Waals surface area contributed by atoms with Gasteiger partial charge >= 0.3 is 11.9 Å². The molecule has 0 aliphatic carbocycles. The second-order valence-electron chi connectivity index (χ2n) is 12.4. The summed E-state index contributed by atoms with van der Waals surface area (Å²) in [4.78, 5) is 51.9. The largest absolute Gasteiger partial charge is 0.427 e. The Morgan fingerprint density at radius 1 is 1.02 bits per heavy atom. The van der Waals surface area contributed by atoms with Crippen molar-refractivity contribution >= 4 is 53.6 Å². The van der Waals surface area contributed by atoms with Gasteiger partial charge in [-0.3, -0.25) is 14.4 Å². The molecule has 2 aromatic rings. The molecule has 1 heterocycles. The Morgan fingerprint density at radius 2 is 1.66 bits per heavy atom. The topological polar surface area (TPSA) is 140 Å². The summed E-state index contributed by atoms with van der Waals surface area (Å²) in [6.07, 6.45) is -0.381. The number of amides is 2. The second-order valence-corrected chi connectivity index (χ2v) is 13.6. The van der Waals surface area contributed by atoms with Crippen molar-refractivity contribution in [1.82, 2.24) is 10.2 Å². The molecule has 0 radical (unpaired) electrons. The molecule has 0 unspecified atom stereocenters. The molecule has 1 aliphatic rings. The van der Waals surface area contributed by atoms with E-state index in [9.17, 15) is 32.3 Å². The molecule has 0 saturated carbocycles. The number of hydrogen-bond acceptors (Lipinski definition) is 9. The normalized spacial score (nSPS) is 15.8. The molecule has 3 rings (SSSR count). The standard InChI is InChI=1S/C32H41F3N4O6S.ClH/c1-18(2)27(30(42)44-17-45-31(43)32(3,4)5)38-22-8-6-19(7-9-22)16-37-28(41)29-39(10-11-46-29)26(40)14-21(36)12-20-13-24(34)25(35)15-23(20)33;/h6-9,13,15,18,21,27,29,38H,10-12,14,16-17,36H2,1-5H3,(H,37,41);1H/t21-,27-,29+;/m1./s1. The van der Waals surface area contributed by atoms with Gasteiger partial charge in [0, 0.05) is 43.1 Å². The number of esters is 2. The number of anilines is 1. The highest BCUT2D eigenvalue weighted by Gasteiger charge is 2.35. The van der Waals surface area contributed by atoms with Crippen LogP contribution in [0.2, 0.25) is 0 Å². The first-order chi connectivity index (χ1) is 21.6. The summed E-state index contributed by atoms with van der Waals surface area (Å²) in [6, 6.07) is 6.65. The Hall–Kier alpha value is -3.49. The van der Waals surface area contributed by atoms with Gasteiger partial charge in [-0.1, -0.05) is 26.0 Å². The molecule has 260 valence electrons. The molecule has 4 N–H and O–H groups in total. The van der Waals surface area contributed by atoms with Gasteiger partial charge in [0.2, 0.25) is 12.7 Å². The summed E-state index contributed by atoms with van der Waals surface area (Å²) >= 11 is 1.30. The maximum Gasteiger partial charge on any atom is 0.331 e. The lowest BCUT2D eigenvalue weighted by molar-refractivity contribution is -0.174. The molecule has 1 saturated heterocycles. The van der Waals surface area contributed by atoms with E-state index in [0.29, 0.717) is 24.1 Å². The fraction of sp³-hybridized carbons (Fsp3) is 0.500. The Bertz CT molecular complexity index is 1410. The monoisotopic (exact) mass is 702 g/mol. The van der Waals surface area contributed by atoms with Crippen LogP contribution in [0, 0.1) is 28.8 Å². The molecule has 0 aromatic heterocycles. The zero-order chi connectivity index (χ0) is 34.2. The number of halogens is 4. The van der Waals surface area contributed by atoms with Crippen molar-refractivity contribution in [2.75, 3.05) is 24.4 Å². The molecule has 0 bridgehead atoms. The third-order valence-corrected chi connectivity index (χ3v) is 8.31. The van der Waals surface area contributed by atoms with Crippen molar-refractivity contribution in [1.29, 1.82) is 0 Å². The average Bonchev–Trinajstić information content (AvgIpc) is 3.48. The second kappa shape index (κ2) is 17.6. The zero-order valence-electron chi connectivity index (χ0n) is 26.9. The van der Waals surface area contributed by atoms with Crippen molar-refractivity contribution < 1.29 is 41.8 Å². The molecular formula is C32H42ClF3N4O6S. The van der Waals surface area contributed by atoms with Gasteiger partial charge in [-0.25, -0.2) is 18.0 Å². The maximum atomic E-state index is 14.0. The fourth-order valence-electron chi connectivity index (χ4n) is 4.48. The lowest BCUT2D eigenvalue weighted by Gasteiger charge is -2.24. The lowest BCUT2D eigenvalue weighted by atomic mass is 9.98. The first-order valence-corrected chi connectivity index (χ1v) is 15.9.